The summed E-state index contributed by atoms with van der Waals surface area (Å²) in [4.78, 5) is 12.5. The predicted octanol–water partition coefficient (Wildman–Crippen LogP) is 3.25. The fraction of sp³-hybridized carbons (Fsp3) is 0.562. The van der Waals surface area contributed by atoms with E-state index < -0.39 is 0 Å². The van der Waals surface area contributed by atoms with E-state index in [1.807, 2.05) is 25.1 Å². The third kappa shape index (κ3) is 2.29. The number of amides is 1. The largest absolute Gasteiger partial charge is 0.348 e. The van der Waals surface area contributed by atoms with Crippen molar-refractivity contribution < 1.29 is 4.79 Å². The van der Waals surface area contributed by atoms with Crippen LogP contribution in [0.2, 0.25) is 0 Å². The number of carbonyl (C=O) groups is 1. The van der Waals surface area contributed by atoms with Crippen LogP contribution in [-0.4, -0.2) is 18.0 Å². The van der Waals surface area contributed by atoms with Gasteiger partial charge in [0.25, 0.3) is 5.91 Å². The molecule has 0 unspecified atom stereocenters. The molecule has 0 aliphatic heterocycles. The van der Waals surface area contributed by atoms with Gasteiger partial charge in [-0.2, -0.15) is 0 Å². The van der Waals surface area contributed by atoms with Crippen LogP contribution in [0.15, 0.2) is 22.7 Å². The summed E-state index contributed by atoms with van der Waals surface area (Å²) in [5.74, 6) is -0.0429. The Bertz CT molecular complexity index is 535. The van der Waals surface area contributed by atoms with E-state index in [2.05, 4.69) is 48.9 Å². The predicted molar refractivity (Wildman–Crippen MR) is 85.7 cm³/mol. The lowest BCUT2D eigenvalue weighted by atomic mass is 9.48. The van der Waals surface area contributed by atoms with Crippen molar-refractivity contribution in [3.63, 3.8) is 0 Å². The number of halogens is 1. The highest BCUT2D eigenvalue weighted by Crippen LogP contribution is 2.52. The van der Waals surface area contributed by atoms with Gasteiger partial charge in [0, 0.05) is 27.4 Å². The van der Waals surface area contributed by atoms with Gasteiger partial charge >= 0.3 is 0 Å². The smallest absolute Gasteiger partial charge is 0.252 e. The van der Waals surface area contributed by atoms with Crippen molar-refractivity contribution in [1.29, 1.82) is 0 Å². The molecule has 1 aromatic carbocycles. The molecule has 110 valence electrons. The number of rotatable bonds is 2. The monoisotopic (exact) mass is 338 g/mol. The fourth-order valence-electron chi connectivity index (χ4n) is 3.57. The second-order valence-electron chi connectivity index (χ2n) is 7.01. The molecule has 0 atom stereocenters. The Hall–Kier alpha value is -0.870. The minimum Gasteiger partial charge on any atom is -0.348 e. The van der Waals surface area contributed by atoms with Crippen molar-refractivity contribution >= 4 is 21.8 Å². The summed E-state index contributed by atoms with van der Waals surface area (Å²) in [5.41, 5.74) is 7.81. The molecule has 0 aromatic heterocycles. The van der Waals surface area contributed by atoms with Crippen LogP contribution in [0, 0.1) is 17.8 Å². The fourth-order valence-corrected chi connectivity index (χ4v) is 4.00. The third-order valence-corrected chi connectivity index (χ3v) is 5.42. The van der Waals surface area contributed by atoms with Crippen LogP contribution in [0.4, 0.5) is 0 Å². The third-order valence-electron chi connectivity index (χ3n) is 4.73. The van der Waals surface area contributed by atoms with Crippen LogP contribution in [0.25, 0.3) is 0 Å². The van der Waals surface area contributed by atoms with Crippen molar-refractivity contribution in [2.45, 2.75) is 46.7 Å². The minimum absolute atomic E-state index is 0.0429. The highest BCUT2D eigenvalue weighted by molar-refractivity contribution is 9.10. The summed E-state index contributed by atoms with van der Waals surface area (Å²) >= 11 is 3.44. The first-order valence-electron chi connectivity index (χ1n) is 6.91. The maximum absolute atomic E-state index is 12.5. The molecule has 1 aliphatic carbocycles. The van der Waals surface area contributed by atoms with E-state index in [-0.39, 0.29) is 28.8 Å². The summed E-state index contributed by atoms with van der Waals surface area (Å²) in [6, 6.07) is 5.95. The zero-order chi connectivity index (χ0) is 15.3. The van der Waals surface area contributed by atoms with E-state index in [1.165, 1.54) is 0 Å². The number of benzene rings is 1. The Balaban J connectivity index is 2.22. The maximum atomic E-state index is 12.5. The van der Waals surface area contributed by atoms with Gasteiger partial charge in [0.15, 0.2) is 0 Å². The molecule has 1 aromatic rings. The number of hydrogen-bond donors (Lipinski definition) is 2. The van der Waals surface area contributed by atoms with Gasteiger partial charge in [0.05, 0.1) is 5.56 Å². The molecule has 1 fully saturated rings. The summed E-state index contributed by atoms with van der Waals surface area (Å²) in [5, 5.41) is 3.16. The molecule has 3 nitrogen and oxygen atoms in total. The van der Waals surface area contributed by atoms with Crippen LogP contribution >= 0.6 is 15.9 Å². The summed E-state index contributed by atoms with van der Waals surface area (Å²) in [6.07, 6.45) is 0. The number of nitrogens with one attached hydrogen (secondary N) is 1. The van der Waals surface area contributed by atoms with Gasteiger partial charge in [-0.3, -0.25) is 4.79 Å². The van der Waals surface area contributed by atoms with Gasteiger partial charge in [-0.1, -0.05) is 39.3 Å². The first-order chi connectivity index (χ1) is 9.08. The Morgan fingerprint density at radius 1 is 1.25 bits per heavy atom. The van der Waals surface area contributed by atoms with Crippen molar-refractivity contribution in [1.82, 2.24) is 5.32 Å². The van der Waals surface area contributed by atoms with Crippen LogP contribution < -0.4 is 11.1 Å². The summed E-state index contributed by atoms with van der Waals surface area (Å²) in [7, 11) is 0. The van der Waals surface area contributed by atoms with Crippen molar-refractivity contribution in [2.24, 2.45) is 16.6 Å². The lowest BCUT2D eigenvalue weighted by molar-refractivity contribution is -0.0663. The SMILES string of the molecule is Cc1ccc(Br)c(C(=O)NC2C(C)(C)C(N)C2(C)C)c1. The normalized spacial score (nSPS) is 26.8. The molecule has 20 heavy (non-hydrogen) atoms. The molecule has 0 radical (unpaired) electrons. The van der Waals surface area contributed by atoms with E-state index in [0.29, 0.717) is 5.56 Å². The van der Waals surface area contributed by atoms with Gasteiger partial charge in [-0.15, -0.1) is 0 Å². The van der Waals surface area contributed by atoms with Gasteiger partial charge in [-0.25, -0.2) is 0 Å². The molecule has 4 heteroatoms. The van der Waals surface area contributed by atoms with Gasteiger partial charge in [0.1, 0.15) is 0 Å². The van der Waals surface area contributed by atoms with Crippen molar-refractivity contribution in [2.75, 3.05) is 0 Å². The zero-order valence-electron chi connectivity index (χ0n) is 12.8. The molecular weight excluding hydrogens is 316 g/mol. The van der Waals surface area contributed by atoms with Crippen LogP contribution in [-0.2, 0) is 0 Å². The number of aryl methyl sites for hydroxylation is 1. The van der Waals surface area contributed by atoms with Crippen LogP contribution in [0.3, 0.4) is 0 Å². The van der Waals surface area contributed by atoms with Crippen LogP contribution in [0.1, 0.15) is 43.6 Å². The standard InChI is InChI=1S/C16H23BrN2O/c1-9-6-7-11(17)10(8-9)12(20)19-14-15(2,3)13(18)16(14,4)5/h6-8,13-14H,18H2,1-5H3,(H,19,20). The number of nitrogens with two attached hydrogens (primary N) is 1. The van der Waals surface area contributed by atoms with E-state index in [4.69, 9.17) is 5.73 Å². The van der Waals surface area contributed by atoms with Gasteiger partial charge in [0.2, 0.25) is 0 Å². The molecule has 0 heterocycles. The van der Waals surface area contributed by atoms with Crippen molar-refractivity contribution in [3.05, 3.63) is 33.8 Å². The van der Waals surface area contributed by atoms with Gasteiger partial charge < -0.3 is 11.1 Å². The highest BCUT2D eigenvalue weighted by atomic mass is 79.9. The summed E-state index contributed by atoms with van der Waals surface area (Å²) < 4.78 is 0.819. The van der Waals surface area contributed by atoms with E-state index in [1.54, 1.807) is 0 Å². The molecule has 0 spiro atoms. The van der Waals surface area contributed by atoms with Gasteiger partial charge in [-0.05, 0) is 35.0 Å². The second-order valence-corrected chi connectivity index (χ2v) is 7.86. The average Bonchev–Trinajstić information content (AvgIpc) is 2.37. The minimum atomic E-state index is -0.0878. The first-order valence-corrected chi connectivity index (χ1v) is 7.70. The topological polar surface area (TPSA) is 55.1 Å². The van der Waals surface area contributed by atoms with E-state index in [0.717, 1.165) is 10.0 Å². The quantitative estimate of drug-likeness (QED) is 0.869. The summed E-state index contributed by atoms with van der Waals surface area (Å²) in [6.45, 7) is 10.4. The Morgan fingerprint density at radius 3 is 2.35 bits per heavy atom. The molecule has 2 rings (SSSR count). The van der Waals surface area contributed by atoms with E-state index in [9.17, 15) is 4.79 Å². The number of hydrogen-bond acceptors (Lipinski definition) is 2. The molecule has 0 bridgehead atoms. The molecular formula is C16H23BrN2O. The second kappa shape index (κ2) is 4.85. The van der Waals surface area contributed by atoms with Crippen molar-refractivity contribution in [3.8, 4) is 0 Å². The zero-order valence-corrected chi connectivity index (χ0v) is 14.3. The Kier molecular flexibility index (Phi) is 3.76. The molecule has 1 aliphatic rings. The maximum Gasteiger partial charge on any atom is 0.252 e. The number of carbonyl (C=O) groups excluding carboxylic acids is 1. The molecule has 1 amide bonds. The molecule has 0 saturated heterocycles. The Morgan fingerprint density at radius 2 is 1.80 bits per heavy atom. The molecule has 3 N–H and O–H groups in total. The lowest BCUT2D eigenvalue weighted by Crippen LogP contribution is -2.76. The average molecular weight is 339 g/mol. The Labute approximate surface area is 129 Å². The lowest BCUT2D eigenvalue weighted by Gasteiger charge is -2.62. The molecule has 1 saturated carbocycles. The first kappa shape index (κ1) is 15.5. The highest BCUT2D eigenvalue weighted by Gasteiger charge is 2.60. The van der Waals surface area contributed by atoms with Crippen LogP contribution in [0.5, 0.6) is 0 Å². The van der Waals surface area contributed by atoms with E-state index >= 15 is 0 Å².